The molecule has 2 amide bonds. The number of hydrogen-bond donors (Lipinski definition) is 2. The lowest BCUT2D eigenvalue weighted by atomic mass is 10.4. The maximum Gasteiger partial charge on any atom is 0.314 e. The SMILES string of the molecule is C#CCCNC(=O)NCCC. The van der Waals surface area contributed by atoms with E-state index in [1.165, 1.54) is 0 Å². The summed E-state index contributed by atoms with van der Waals surface area (Å²) >= 11 is 0. The van der Waals surface area contributed by atoms with Gasteiger partial charge in [-0.1, -0.05) is 6.92 Å². The Hall–Kier alpha value is -1.17. The molecule has 0 aromatic heterocycles. The minimum absolute atomic E-state index is 0.137. The largest absolute Gasteiger partial charge is 0.338 e. The summed E-state index contributed by atoms with van der Waals surface area (Å²) in [5.41, 5.74) is 0. The van der Waals surface area contributed by atoms with Crippen LogP contribution in [0.1, 0.15) is 19.8 Å². The van der Waals surface area contributed by atoms with Gasteiger partial charge in [0.15, 0.2) is 0 Å². The average Bonchev–Trinajstić information content (AvgIpc) is 2.01. The van der Waals surface area contributed by atoms with E-state index in [9.17, 15) is 4.79 Å². The Labute approximate surface area is 67.6 Å². The van der Waals surface area contributed by atoms with Gasteiger partial charge in [0.2, 0.25) is 0 Å². The number of carbonyl (C=O) groups is 1. The molecular formula is C8H14N2O. The maximum atomic E-state index is 10.8. The third-order valence-electron chi connectivity index (χ3n) is 1.09. The third-order valence-corrected chi connectivity index (χ3v) is 1.09. The Morgan fingerprint density at radius 1 is 1.45 bits per heavy atom. The van der Waals surface area contributed by atoms with Crippen molar-refractivity contribution < 1.29 is 4.79 Å². The topological polar surface area (TPSA) is 41.1 Å². The van der Waals surface area contributed by atoms with Crippen LogP contribution in [-0.2, 0) is 0 Å². The molecule has 0 bridgehead atoms. The molecule has 0 unspecified atom stereocenters. The Morgan fingerprint density at radius 2 is 2.09 bits per heavy atom. The van der Waals surface area contributed by atoms with Crippen molar-refractivity contribution in [1.82, 2.24) is 10.6 Å². The normalized spacial score (nSPS) is 8.36. The summed E-state index contributed by atoms with van der Waals surface area (Å²) < 4.78 is 0. The standard InChI is InChI=1S/C8H14N2O/c1-3-5-7-10-8(11)9-6-4-2/h1H,4-7H2,2H3,(H2,9,10,11). The molecule has 0 radical (unpaired) electrons. The average molecular weight is 154 g/mol. The molecule has 62 valence electrons. The summed E-state index contributed by atoms with van der Waals surface area (Å²) in [5.74, 6) is 2.44. The van der Waals surface area contributed by atoms with Crippen LogP contribution < -0.4 is 10.6 Å². The molecule has 0 aromatic carbocycles. The van der Waals surface area contributed by atoms with Gasteiger partial charge < -0.3 is 10.6 Å². The second-order valence-corrected chi connectivity index (χ2v) is 2.14. The minimum Gasteiger partial charge on any atom is -0.338 e. The fourth-order valence-corrected chi connectivity index (χ4v) is 0.549. The lowest BCUT2D eigenvalue weighted by Crippen LogP contribution is -2.36. The Morgan fingerprint density at radius 3 is 2.64 bits per heavy atom. The predicted octanol–water partition coefficient (Wildman–Crippen LogP) is 0.719. The lowest BCUT2D eigenvalue weighted by molar-refractivity contribution is 0.241. The van der Waals surface area contributed by atoms with Gasteiger partial charge in [0.25, 0.3) is 0 Å². The van der Waals surface area contributed by atoms with Gasteiger partial charge in [-0.15, -0.1) is 12.3 Å². The highest BCUT2D eigenvalue weighted by Gasteiger charge is 1.94. The first kappa shape index (κ1) is 9.83. The zero-order valence-electron chi connectivity index (χ0n) is 6.81. The van der Waals surface area contributed by atoms with Gasteiger partial charge in [-0.3, -0.25) is 0 Å². The molecule has 0 aliphatic rings. The second-order valence-electron chi connectivity index (χ2n) is 2.14. The van der Waals surface area contributed by atoms with E-state index in [1.54, 1.807) is 0 Å². The molecule has 0 atom stereocenters. The highest BCUT2D eigenvalue weighted by Crippen LogP contribution is 1.73. The van der Waals surface area contributed by atoms with Crippen LogP contribution in [0.25, 0.3) is 0 Å². The Balaban J connectivity index is 3.17. The molecule has 11 heavy (non-hydrogen) atoms. The van der Waals surface area contributed by atoms with Crippen molar-refractivity contribution in [3.63, 3.8) is 0 Å². The van der Waals surface area contributed by atoms with Gasteiger partial charge in [0.05, 0.1) is 0 Å². The van der Waals surface area contributed by atoms with Gasteiger partial charge in [-0.2, -0.15) is 0 Å². The van der Waals surface area contributed by atoms with Crippen molar-refractivity contribution in [1.29, 1.82) is 0 Å². The van der Waals surface area contributed by atoms with Crippen molar-refractivity contribution in [2.24, 2.45) is 0 Å². The second kappa shape index (κ2) is 6.94. The summed E-state index contributed by atoms with van der Waals surface area (Å²) in [4.78, 5) is 10.8. The van der Waals surface area contributed by atoms with Crippen LogP contribution in [0.2, 0.25) is 0 Å². The fraction of sp³-hybridized carbons (Fsp3) is 0.625. The smallest absolute Gasteiger partial charge is 0.314 e. The molecule has 0 spiro atoms. The van der Waals surface area contributed by atoms with E-state index in [2.05, 4.69) is 16.6 Å². The summed E-state index contributed by atoms with van der Waals surface area (Å²) in [6.45, 7) is 3.26. The molecule has 0 fully saturated rings. The van der Waals surface area contributed by atoms with Crippen molar-refractivity contribution >= 4 is 6.03 Å². The predicted molar refractivity (Wildman–Crippen MR) is 45.1 cm³/mol. The van der Waals surface area contributed by atoms with Crippen molar-refractivity contribution in [3.8, 4) is 12.3 Å². The third kappa shape index (κ3) is 6.72. The van der Waals surface area contributed by atoms with Gasteiger partial charge in [0, 0.05) is 19.5 Å². The minimum atomic E-state index is -0.137. The fourth-order valence-electron chi connectivity index (χ4n) is 0.549. The highest BCUT2D eigenvalue weighted by atomic mass is 16.2. The molecule has 0 saturated carbocycles. The molecule has 3 heteroatoms. The van der Waals surface area contributed by atoms with E-state index >= 15 is 0 Å². The van der Waals surface area contributed by atoms with Crippen molar-refractivity contribution in [3.05, 3.63) is 0 Å². The van der Waals surface area contributed by atoms with Crippen LogP contribution in [0, 0.1) is 12.3 Å². The van der Waals surface area contributed by atoms with Crippen LogP contribution in [0.3, 0.4) is 0 Å². The number of nitrogens with one attached hydrogen (secondary N) is 2. The molecular weight excluding hydrogens is 140 g/mol. The van der Waals surface area contributed by atoms with Gasteiger partial charge in [0.1, 0.15) is 0 Å². The van der Waals surface area contributed by atoms with E-state index < -0.39 is 0 Å². The van der Waals surface area contributed by atoms with E-state index in [1.807, 2.05) is 6.92 Å². The summed E-state index contributed by atoms with van der Waals surface area (Å²) in [7, 11) is 0. The zero-order valence-corrected chi connectivity index (χ0v) is 6.81. The first-order chi connectivity index (χ1) is 5.31. The maximum absolute atomic E-state index is 10.8. The quantitative estimate of drug-likeness (QED) is 0.454. The summed E-state index contributed by atoms with van der Waals surface area (Å²) in [5, 5.41) is 5.30. The van der Waals surface area contributed by atoms with Gasteiger partial charge in [-0.25, -0.2) is 4.79 Å². The van der Waals surface area contributed by atoms with Crippen LogP contribution in [0.5, 0.6) is 0 Å². The number of terminal acetylenes is 1. The Kier molecular flexibility index (Phi) is 6.20. The Bertz CT molecular complexity index is 149. The zero-order chi connectivity index (χ0) is 8.53. The first-order valence-electron chi connectivity index (χ1n) is 3.76. The summed E-state index contributed by atoms with van der Waals surface area (Å²) in [6, 6.07) is -0.137. The molecule has 0 saturated heterocycles. The number of hydrogen-bond acceptors (Lipinski definition) is 1. The number of carbonyl (C=O) groups excluding carboxylic acids is 1. The molecule has 2 N–H and O–H groups in total. The van der Waals surface area contributed by atoms with Crippen LogP contribution in [-0.4, -0.2) is 19.1 Å². The first-order valence-corrected chi connectivity index (χ1v) is 3.76. The molecule has 3 nitrogen and oxygen atoms in total. The molecule has 0 heterocycles. The molecule has 0 aliphatic carbocycles. The van der Waals surface area contributed by atoms with E-state index in [4.69, 9.17) is 6.42 Å². The van der Waals surface area contributed by atoms with E-state index in [0.717, 1.165) is 6.42 Å². The van der Waals surface area contributed by atoms with Crippen LogP contribution in [0.15, 0.2) is 0 Å². The van der Waals surface area contributed by atoms with E-state index in [-0.39, 0.29) is 6.03 Å². The van der Waals surface area contributed by atoms with Gasteiger partial charge in [-0.05, 0) is 6.42 Å². The monoisotopic (exact) mass is 154 g/mol. The van der Waals surface area contributed by atoms with Crippen LogP contribution >= 0.6 is 0 Å². The lowest BCUT2D eigenvalue weighted by Gasteiger charge is -2.03. The van der Waals surface area contributed by atoms with Crippen molar-refractivity contribution in [2.75, 3.05) is 13.1 Å². The highest BCUT2D eigenvalue weighted by molar-refractivity contribution is 5.73. The number of amides is 2. The van der Waals surface area contributed by atoms with Gasteiger partial charge >= 0.3 is 6.03 Å². The number of rotatable bonds is 4. The summed E-state index contributed by atoms with van der Waals surface area (Å²) in [6.07, 6.45) is 6.52. The van der Waals surface area contributed by atoms with Crippen molar-refractivity contribution in [2.45, 2.75) is 19.8 Å². The molecule has 0 rings (SSSR count). The van der Waals surface area contributed by atoms with Crippen LogP contribution in [0.4, 0.5) is 4.79 Å². The molecule has 0 aliphatic heterocycles. The van der Waals surface area contributed by atoms with E-state index in [0.29, 0.717) is 19.5 Å². The number of urea groups is 1. The molecule has 0 aromatic rings.